The van der Waals surface area contributed by atoms with E-state index in [4.69, 9.17) is 10.1 Å². The predicted octanol–water partition coefficient (Wildman–Crippen LogP) is 4.14. The average molecular weight is 448 g/mol. The minimum absolute atomic E-state index is 0.172. The third kappa shape index (κ3) is 4.74. The average Bonchev–Trinajstić information content (AvgIpc) is 3.62. The first kappa shape index (κ1) is 21.2. The molecule has 2 aliphatic rings. The SMILES string of the molecule is C[C@H](c1ccccc1)N1CCN(C(=O)CSc2nc(C3CC3)n(-c3ccccc3)n2)CC1. The maximum Gasteiger partial charge on any atom is 0.233 e. The number of para-hydroxylation sites is 1. The van der Waals surface area contributed by atoms with E-state index in [-0.39, 0.29) is 5.91 Å². The fourth-order valence-corrected chi connectivity index (χ4v) is 4.98. The highest BCUT2D eigenvalue weighted by Gasteiger charge is 2.31. The van der Waals surface area contributed by atoms with Crippen molar-refractivity contribution < 1.29 is 4.79 Å². The van der Waals surface area contributed by atoms with Crippen LogP contribution in [0.2, 0.25) is 0 Å². The monoisotopic (exact) mass is 447 g/mol. The minimum Gasteiger partial charge on any atom is -0.339 e. The highest BCUT2D eigenvalue weighted by Crippen LogP contribution is 2.40. The zero-order valence-corrected chi connectivity index (χ0v) is 19.2. The van der Waals surface area contributed by atoms with E-state index in [2.05, 4.69) is 54.3 Å². The van der Waals surface area contributed by atoms with Gasteiger partial charge >= 0.3 is 0 Å². The molecule has 32 heavy (non-hydrogen) atoms. The molecule has 1 aliphatic heterocycles. The Morgan fingerprint density at radius 2 is 1.66 bits per heavy atom. The van der Waals surface area contributed by atoms with Gasteiger partial charge in [-0.15, -0.1) is 5.10 Å². The van der Waals surface area contributed by atoms with E-state index in [1.165, 1.54) is 30.2 Å². The molecule has 0 bridgehead atoms. The second-order valence-corrected chi connectivity index (χ2v) is 9.51. The van der Waals surface area contributed by atoms with Crippen LogP contribution in [0.4, 0.5) is 0 Å². The number of aromatic nitrogens is 3. The van der Waals surface area contributed by atoms with Crippen LogP contribution in [0.25, 0.3) is 5.69 Å². The lowest BCUT2D eigenvalue weighted by Crippen LogP contribution is -2.49. The summed E-state index contributed by atoms with van der Waals surface area (Å²) in [7, 11) is 0. The van der Waals surface area contributed by atoms with Gasteiger partial charge in [-0.2, -0.15) is 0 Å². The normalized spacial score (nSPS) is 18.0. The largest absolute Gasteiger partial charge is 0.339 e. The first-order valence-corrected chi connectivity index (χ1v) is 12.4. The molecule has 3 aromatic rings. The first-order valence-electron chi connectivity index (χ1n) is 11.4. The molecule has 1 saturated carbocycles. The number of thioether (sulfide) groups is 1. The zero-order valence-electron chi connectivity index (χ0n) is 18.4. The second-order valence-electron chi connectivity index (χ2n) is 8.57. The van der Waals surface area contributed by atoms with Gasteiger partial charge in [0.2, 0.25) is 11.1 Å². The topological polar surface area (TPSA) is 54.3 Å². The molecule has 0 radical (unpaired) electrons. The number of nitrogens with zero attached hydrogens (tertiary/aromatic N) is 5. The molecule has 2 heterocycles. The van der Waals surface area contributed by atoms with E-state index in [1.807, 2.05) is 27.8 Å². The van der Waals surface area contributed by atoms with Crippen molar-refractivity contribution in [1.29, 1.82) is 0 Å². The van der Waals surface area contributed by atoms with E-state index >= 15 is 0 Å². The summed E-state index contributed by atoms with van der Waals surface area (Å²) >= 11 is 1.45. The third-order valence-electron chi connectivity index (χ3n) is 6.38. The third-order valence-corrected chi connectivity index (χ3v) is 7.20. The van der Waals surface area contributed by atoms with Crippen LogP contribution in [0.15, 0.2) is 65.8 Å². The highest BCUT2D eigenvalue weighted by atomic mass is 32.2. The van der Waals surface area contributed by atoms with E-state index in [9.17, 15) is 4.79 Å². The molecule has 2 fully saturated rings. The number of carbonyl (C=O) groups is 1. The van der Waals surface area contributed by atoms with Crippen molar-refractivity contribution in [2.75, 3.05) is 31.9 Å². The molecule has 7 heteroatoms. The van der Waals surface area contributed by atoms with Crippen molar-refractivity contribution >= 4 is 17.7 Å². The van der Waals surface area contributed by atoms with Gasteiger partial charge in [0.15, 0.2) is 0 Å². The van der Waals surface area contributed by atoms with E-state index in [1.54, 1.807) is 0 Å². The number of amides is 1. The lowest BCUT2D eigenvalue weighted by Gasteiger charge is -2.38. The van der Waals surface area contributed by atoms with Gasteiger partial charge in [-0.3, -0.25) is 9.69 Å². The van der Waals surface area contributed by atoms with Gasteiger partial charge < -0.3 is 4.90 Å². The molecule has 5 rings (SSSR count). The molecule has 1 amide bonds. The molecule has 0 N–H and O–H groups in total. The smallest absolute Gasteiger partial charge is 0.233 e. The van der Waals surface area contributed by atoms with Crippen LogP contribution in [0.3, 0.4) is 0 Å². The number of hydrogen-bond donors (Lipinski definition) is 0. The fourth-order valence-electron chi connectivity index (χ4n) is 4.25. The summed E-state index contributed by atoms with van der Waals surface area (Å²) in [6.45, 7) is 5.60. The minimum atomic E-state index is 0.172. The van der Waals surface area contributed by atoms with Crippen LogP contribution < -0.4 is 0 Å². The van der Waals surface area contributed by atoms with Crippen molar-refractivity contribution in [2.24, 2.45) is 0 Å². The summed E-state index contributed by atoms with van der Waals surface area (Å²) in [4.78, 5) is 22.1. The van der Waals surface area contributed by atoms with Crippen molar-refractivity contribution in [3.05, 3.63) is 72.1 Å². The van der Waals surface area contributed by atoms with Crippen LogP contribution in [0.5, 0.6) is 0 Å². The Labute approximate surface area is 193 Å². The Hall–Kier alpha value is -2.64. The Morgan fingerprint density at radius 1 is 1.00 bits per heavy atom. The maximum atomic E-state index is 12.9. The van der Waals surface area contributed by atoms with Gasteiger partial charge in [-0.1, -0.05) is 60.3 Å². The Bertz CT molecular complexity index is 1040. The van der Waals surface area contributed by atoms with Crippen molar-refractivity contribution in [3.63, 3.8) is 0 Å². The maximum absolute atomic E-state index is 12.9. The fraction of sp³-hybridized carbons (Fsp3) is 0.400. The van der Waals surface area contributed by atoms with E-state index in [0.29, 0.717) is 22.9 Å². The number of hydrogen-bond acceptors (Lipinski definition) is 5. The van der Waals surface area contributed by atoms with Crippen LogP contribution >= 0.6 is 11.8 Å². The Morgan fingerprint density at radius 3 is 2.31 bits per heavy atom. The van der Waals surface area contributed by atoms with Gasteiger partial charge in [0.05, 0.1) is 11.4 Å². The first-order chi connectivity index (χ1) is 15.7. The molecule has 0 spiro atoms. The molecule has 1 saturated heterocycles. The van der Waals surface area contributed by atoms with E-state index < -0.39 is 0 Å². The lowest BCUT2D eigenvalue weighted by molar-refractivity contribution is -0.130. The molecule has 6 nitrogen and oxygen atoms in total. The quantitative estimate of drug-likeness (QED) is 0.510. The number of piperazine rings is 1. The standard InChI is InChI=1S/C25H29N5OS/c1-19(20-8-4-2-5-9-20)28-14-16-29(17-15-28)23(31)18-32-25-26-24(21-12-13-21)30(27-25)22-10-6-3-7-11-22/h2-11,19,21H,12-18H2,1H3/t19-/m1/s1. The van der Waals surface area contributed by atoms with Crippen LogP contribution in [-0.2, 0) is 4.79 Å². The van der Waals surface area contributed by atoms with Gasteiger partial charge in [0.1, 0.15) is 5.82 Å². The van der Waals surface area contributed by atoms with Crippen molar-refractivity contribution in [2.45, 2.75) is 36.9 Å². The number of benzene rings is 2. The molecule has 1 aliphatic carbocycles. The van der Waals surface area contributed by atoms with Crippen LogP contribution in [0, 0.1) is 0 Å². The molecule has 2 aromatic carbocycles. The van der Waals surface area contributed by atoms with Gasteiger partial charge in [-0.05, 0) is 37.5 Å². The molecule has 1 aromatic heterocycles. The van der Waals surface area contributed by atoms with Crippen molar-refractivity contribution in [1.82, 2.24) is 24.6 Å². The van der Waals surface area contributed by atoms with Gasteiger partial charge in [0, 0.05) is 38.1 Å². The van der Waals surface area contributed by atoms with Crippen molar-refractivity contribution in [3.8, 4) is 5.69 Å². The lowest BCUT2D eigenvalue weighted by atomic mass is 10.1. The summed E-state index contributed by atoms with van der Waals surface area (Å²) in [6.07, 6.45) is 2.33. The Kier molecular flexibility index (Phi) is 6.28. The number of carbonyl (C=O) groups excluding carboxylic acids is 1. The van der Waals surface area contributed by atoms with Gasteiger partial charge in [0.25, 0.3) is 0 Å². The van der Waals surface area contributed by atoms with Crippen LogP contribution in [-0.4, -0.2) is 62.4 Å². The highest BCUT2D eigenvalue weighted by molar-refractivity contribution is 7.99. The summed E-state index contributed by atoms with van der Waals surface area (Å²) in [5, 5.41) is 5.41. The molecule has 166 valence electrons. The summed E-state index contributed by atoms with van der Waals surface area (Å²) in [6, 6.07) is 21.1. The Balaban J connectivity index is 1.16. The van der Waals surface area contributed by atoms with E-state index in [0.717, 1.165) is 37.7 Å². The molecular weight excluding hydrogens is 418 g/mol. The summed E-state index contributed by atoms with van der Waals surface area (Å²) in [5.74, 6) is 2.07. The predicted molar refractivity (Wildman–Crippen MR) is 127 cm³/mol. The molecule has 1 atom stereocenters. The summed E-state index contributed by atoms with van der Waals surface area (Å²) < 4.78 is 1.95. The second kappa shape index (κ2) is 9.46. The summed E-state index contributed by atoms with van der Waals surface area (Å²) in [5.41, 5.74) is 2.36. The molecule has 0 unspecified atom stereocenters. The van der Waals surface area contributed by atoms with Gasteiger partial charge in [-0.25, -0.2) is 9.67 Å². The number of rotatable bonds is 7. The van der Waals surface area contributed by atoms with Crippen LogP contribution in [0.1, 0.15) is 43.1 Å². The molecular formula is C25H29N5OS. The zero-order chi connectivity index (χ0) is 21.9.